The van der Waals surface area contributed by atoms with E-state index in [0.717, 1.165) is 40.2 Å². The van der Waals surface area contributed by atoms with E-state index in [1.807, 2.05) is 37.4 Å². The zero-order valence-corrected chi connectivity index (χ0v) is 19.3. The number of anilines is 1. The molecule has 0 radical (unpaired) electrons. The van der Waals surface area contributed by atoms with Crippen LogP contribution in [0.4, 0.5) is 9.93 Å². The second kappa shape index (κ2) is 9.24. The Balaban J connectivity index is 1.28. The highest BCUT2D eigenvalue weighted by Crippen LogP contribution is 2.39. The molecule has 11 heteroatoms. The molecule has 33 heavy (non-hydrogen) atoms. The van der Waals surface area contributed by atoms with Gasteiger partial charge in [-0.25, -0.2) is 19.7 Å². The van der Waals surface area contributed by atoms with Crippen molar-refractivity contribution >= 4 is 34.1 Å². The van der Waals surface area contributed by atoms with Crippen molar-refractivity contribution in [1.29, 1.82) is 0 Å². The van der Waals surface area contributed by atoms with Crippen molar-refractivity contribution in [2.45, 2.75) is 32.6 Å². The second-order valence-electron chi connectivity index (χ2n) is 7.42. The smallest absolute Gasteiger partial charge is 0.321 e. The summed E-state index contributed by atoms with van der Waals surface area (Å²) < 4.78 is 5.45. The van der Waals surface area contributed by atoms with Gasteiger partial charge in [-0.05, 0) is 30.5 Å². The molecule has 0 spiro atoms. The fourth-order valence-electron chi connectivity index (χ4n) is 3.53. The average molecular weight is 482 g/mol. The predicted octanol–water partition coefficient (Wildman–Crippen LogP) is 4.33. The number of hydrogen-bond acceptors (Lipinski definition) is 8. The van der Waals surface area contributed by atoms with E-state index in [-0.39, 0.29) is 6.03 Å². The number of fused-ring (bicyclic) bond motifs is 3. The van der Waals surface area contributed by atoms with E-state index in [1.165, 1.54) is 11.3 Å². The number of carbonyl (C=O) groups is 1. The van der Waals surface area contributed by atoms with Crippen molar-refractivity contribution in [2.24, 2.45) is 0 Å². The Kier molecular flexibility index (Phi) is 6.01. The number of halogens is 1. The summed E-state index contributed by atoms with van der Waals surface area (Å²) in [6.07, 6.45) is 4.57. The molecule has 0 saturated carbocycles. The molecule has 2 amide bonds. The molecular weight excluding hydrogens is 462 g/mol. The van der Waals surface area contributed by atoms with Crippen LogP contribution in [0.5, 0.6) is 0 Å². The number of urea groups is 1. The van der Waals surface area contributed by atoms with Crippen LogP contribution in [-0.4, -0.2) is 37.7 Å². The quantitative estimate of drug-likeness (QED) is 0.420. The first kappa shape index (κ1) is 21.5. The Bertz CT molecular complexity index is 1320. The zero-order chi connectivity index (χ0) is 22.8. The molecule has 5 rings (SSSR count). The molecule has 0 atom stereocenters. The SMILES string of the molecule is CCc1nnc(CCNC(=O)Nc2nc3c(s2)-c2nc(-c4ccccc4Cl)ncc2CC3)o1. The Morgan fingerprint density at radius 2 is 2.03 bits per heavy atom. The molecular formula is C22H20ClN7O2S. The van der Waals surface area contributed by atoms with E-state index in [1.54, 1.807) is 0 Å². The van der Waals surface area contributed by atoms with Crippen molar-refractivity contribution in [2.75, 3.05) is 11.9 Å². The number of nitrogens with zero attached hydrogens (tertiary/aromatic N) is 5. The molecule has 0 unspecified atom stereocenters. The molecule has 0 aliphatic heterocycles. The maximum absolute atomic E-state index is 12.3. The van der Waals surface area contributed by atoms with Gasteiger partial charge in [-0.3, -0.25) is 5.32 Å². The Labute approximate surface area is 198 Å². The maximum atomic E-state index is 12.3. The lowest BCUT2D eigenvalue weighted by Gasteiger charge is -2.14. The summed E-state index contributed by atoms with van der Waals surface area (Å²) >= 11 is 7.74. The van der Waals surface area contributed by atoms with Gasteiger partial charge in [0.25, 0.3) is 0 Å². The van der Waals surface area contributed by atoms with Crippen LogP contribution in [0, 0.1) is 0 Å². The van der Waals surface area contributed by atoms with Gasteiger partial charge >= 0.3 is 6.03 Å². The lowest BCUT2D eigenvalue weighted by atomic mass is 9.99. The summed E-state index contributed by atoms with van der Waals surface area (Å²) in [6.45, 7) is 2.32. The lowest BCUT2D eigenvalue weighted by Crippen LogP contribution is -2.30. The molecule has 1 aromatic carbocycles. The van der Waals surface area contributed by atoms with Crippen molar-refractivity contribution in [3.63, 3.8) is 0 Å². The van der Waals surface area contributed by atoms with E-state index >= 15 is 0 Å². The van der Waals surface area contributed by atoms with Gasteiger partial charge in [0.2, 0.25) is 11.8 Å². The summed E-state index contributed by atoms with van der Waals surface area (Å²) in [4.78, 5) is 27.2. The van der Waals surface area contributed by atoms with Gasteiger partial charge in [0, 0.05) is 31.1 Å². The standard InChI is InChI=1S/C22H20ClN7O2S/c1-2-16-29-30-17(32-16)9-10-24-21(31)28-22-26-15-8-7-12-11-25-20(27-18(12)19(15)33-22)13-5-3-4-6-14(13)23/h3-6,11H,2,7-10H2,1H3,(H2,24,26,28,31). The van der Waals surface area contributed by atoms with Gasteiger partial charge in [0.1, 0.15) is 0 Å². The Hall–Kier alpha value is -3.37. The van der Waals surface area contributed by atoms with Crippen LogP contribution in [0.3, 0.4) is 0 Å². The summed E-state index contributed by atoms with van der Waals surface area (Å²) in [5.74, 6) is 1.66. The van der Waals surface area contributed by atoms with Crippen LogP contribution in [0.25, 0.3) is 22.0 Å². The van der Waals surface area contributed by atoms with Crippen LogP contribution in [0.15, 0.2) is 34.9 Å². The minimum Gasteiger partial charge on any atom is -0.425 e. The van der Waals surface area contributed by atoms with Gasteiger partial charge in [0.15, 0.2) is 11.0 Å². The van der Waals surface area contributed by atoms with E-state index in [4.69, 9.17) is 21.0 Å². The molecule has 9 nitrogen and oxygen atoms in total. The summed E-state index contributed by atoms with van der Waals surface area (Å²) in [5.41, 5.74) is 3.60. The first-order valence-electron chi connectivity index (χ1n) is 10.6. The molecule has 3 heterocycles. The van der Waals surface area contributed by atoms with Crippen LogP contribution in [0.1, 0.15) is 30.0 Å². The number of amides is 2. The number of rotatable bonds is 6. The van der Waals surface area contributed by atoms with Gasteiger partial charge < -0.3 is 9.73 Å². The maximum Gasteiger partial charge on any atom is 0.321 e. The predicted molar refractivity (Wildman–Crippen MR) is 125 cm³/mol. The first-order chi connectivity index (χ1) is 16.1. The highest BCUT2D eigenvalue weighted by atomic mass is 35.5. The number of benzene rings is 1. The Morgan fingerprint density at radius 3 is 2.85 bits per heavy atom. The number of thiazole rings is 1. The highest BCUT2D eigenvalue weighted by molar-refractivity contribution is 7.19. The van der Waals surface area contributed by atoms with Gasteiger partial charge in [0.05, 0.1) is 21.3 Å². The van der Waals surface area contributed by atoms with Crippen LogP contribution < -0.4 is 10.6 Å². The molecule has 1 aliphatic rings. The van der Waals surface area contributed by atoms with E-state index in [9.17, 15) is 4.79 Å². The molecule has 0 bridgehead atoms. The van der Waals surface area contributed by atoms with Crippen molar-refractivity contribution < 1.29 is 9.21 Å². The fourth-order valence-corrected chi connectivity index (χ4v) is 4.78. The molecule has 0 saturated heterocycles. The van der Waals surface area contributed by atoms with E-state index in [2.05, 4.69) is 30.8 Å². The third kappa shape index (κ3) is 4.57. The van der Waals surface area contributed by atoms with Crippen LogP contribution in [-0.2, 0) is 25.7 Å². The minimum atomic E-state index is -0.337. The monoisotopic (exact) mass is 481 g/mol. The third-order valence-electron chi connectivity index (χ3n) is 5.18. The molecule has 3 aromatic heterocycles. The highest BCUT2D eigenvalue weighted by Gasteiger charge is 2.24. The minimum absolute atomic E-state index is 0.337. The molecule has 168 valence electrons. The molecule has 4 aromatic rings. The third-order valence-corrected chi connectivity index (χ3v) is 6.53. The largest absolute Gasteiger partial charge is 0.425 e. The van der Waals surface area contributed by atoms with Crippen molar-refractivity contribution in [3.05, 3.63) is 58.5 Å². The summed E-state index contributed by atoms with van der Waals surface area (Å²) in [6, 6.07) is 7.16. The zero-order valence-electron chi connectivity index (χ0n) is 17.8. The fraction of sp³-hybridized carbons (Fsp3) is 0.273. The van der Waals surface area contributed by atoms with Gasteiger partial charge in [-0.15, -0.1) is 10.2 Å². The van der Waals surface area contributed by atoms with Gasteiger partial charge in [-0.2, -0.15) is 0 Å². The van der Waals surface area contributed by atoms with Crippen molar-refractivity contribution in [3.8, 4) is 22.0 Å². The van der Waals surface area contributed by atoms with Crippen molar-refractivity contribution in [1.82, 2.24) is 30.5 Å². The molecule has 2 N–H and O–H groups in total. The van der Waals surface area contributed by atoms with E-state index < -0.39 is 0 Å². The topological polar surface area (TPSA) is 119 Å². The molecule has 1 aliphatic carbocycles. The van der Waals surface area contributed by atoms with E-state index in [0.29, 0.717) is 47.1 Å². The normalized spacial score (nSPS) is 12.2. The summed E-state index contributed by atoms with van der Waals surface area (Å²) in [5, 5.41) is 14.6. The lowest BCUT2D eigenvalue weighted by molar-refractivity contribution is 0.252. The first-order valence-corrected chi connectivity index (χ1v) is 11.8. The van der Waals surface area contributed by atoms with Crippen LogP contribution in [0.2, 0.25) is 5.02 Å². The number of nitrogens with one attached hydrogen (secondary N) is 2. The Morgan fingerprint density at radius 1 is 1.18 bits per heavy atom. The average Bonchev–Trinajstić information content (AvgIpc) is 3.45. The second-order valence-corrected chi connectivity index (χ2v) is 8.82. The summed E-state index contributed by atoms with van der Waals surface area (Å²) in [7, 11) is 0. The number of aryl methyl sites for hydroxylation is 3. The number of aromatic nitrogens is 5. The van der Waals surface area contributed by atoms with Gasteiger partial charge in [-0.1, -0.05) is 42.0 Å². The number of hydrogen-bond donors (Lipinski definition) is 2. The molecule has 0 fully saturated rings. The number of carbonyl (C=O) groups excluding carboxylic acids is 1. The van der Waals surface area contributed by atoms with Crippen LogP contribution >= 0.6 is 22.9 Å².